The monoisotopic (exact) mass is 480 g/mol. The average molecular weight is 481 g/mol. The van der Waals surface area contributed by atoms with Gasteiger partial charge in [0.05, 0.1) is 5.56 Å². The molecule has 0 aliphatic heterocycles. The smallest absolute Gasteiger partial charge is 0.216 e. The van der Waals surface area contributed by atoms with Crippen LogP contribution in [-0.4, -0.2) is 0 Å². The zero-order valence-corrected chi connectivity index (χ0v) is 21.4. The van der Waals surface area contributed by atoms with Crippen LogP contribution < -0.4 is 4.57 Å². The van der Waals surface area contributed by atoms with Crippen molar-refractivity contribution in [1.29, 1.82) is 0 Å². The Balaban J connectivity index is 1.40. The molecule has 1 aliphatic rings. The minimum Gasteiger partial charge on any atom is -0.454 e. The molecule has 37 heavy (non-hydrogen) atoms. The van der Waals surface area contributed by atoms with Crippen LogP contribution in [0, 0.1) is 6.92 Å². The number of fused-ring (bicyclic) bond motifs is 4. The molecule has 0 amide bonds. The first-order valence-electron chi connectivity index (χ1n) is 13.3. The van der Waals surface area contributed by atoms with Crippen molar-refractivity contribution >= 4 is 21.9 Å². The van der Waals surface area contributed by atoms with Crippen LogP contribution in [0.4, 0.5) is 0 Å². The largest absolute Gasteiger partial charge is 0.454 e. The van der Waals surface area contributed by atoms with Crippen molar-refractivity contribution in [2.45, 2.75) is 32.1 Å². The normalized spacial score (nSPS) is 15.2. The molecular weight excluding hydrogens is 450 g/mol. The van der Waals surface area contributed by atoms with E-state index < -0.39 is 0 Å². The maximum Gasteiger partial charge on any atom is 0.216 e. The van der Waals surface area contributed by atoms with Crippen LogP contribution in [0.25, 0.3) is 44.3 Å². The second-order valence-electron chi connectivity index (χ2n) is 10.4. The Morgan fingerprint density at radius 2 is 1.62 bits per heavy atom. The highest BCUT2D eigenvalue weighted by atomic mass is 16.3. The van der Waals surface area contributed by atoms with E-state index in [2.05, 4.69) is 122 Å². The van der Waals surface area contributed by atoms with Gasteiger partial charge < -0.3 is 4.42 Å². The van der Waals surface area contributed by atoms with Gasteiger partial charge >= 0.3 is 0 Å². The number of aromatic nitrogens is 1. The van der Waals surface area contributed by atoms with Crippen LogP contribution in [-0.2, 0) is 13.5 Å². The van der Waals surface area contributed by atoms with Gasteiger partial charge in [-0.2, -0.15) is 0 Å². The molecule has 2 aromatic heterocycles. The highest BCUT2D eigenvalue weighted by molar-refractivity contribution is 6.13. The number of rotatable bonds is 3. The Hall–Kier alpha value is -4.17. The molecule has 180 valence electrons. The molecule has 2 nitrogen and oxygen atoms in total. The van der Waals surface area contributed by atoms with Crippen LogP contribution in [0.3, 0.4) is 0 Å². The molecule has 2 heteroatoms. The van der Waals surface area contributed by atoms with E-state index in [1.54, 1.807) is 0 Å². The highest BCUT2D eigenvalue weighted by Gasteiger charge is 2.24. The number of para-hydroxylation sites is 1. The third-order valence-corrected chi connectivity index (χ3v) is 8.16. The van der Waals surface area contributed by atoms with Crippen LogP contribution in [0.1, 0.15) is 41.0 Å². The topological polar surface area (TPSA) is 17.0 Å². The molecule has 0 saturated carbocycles. The molecule has 1 unspecified atom stereocenters. The molecule has 0 spiro atoms. The molecule has 0 radical (unpaired) electrons. The van der Waals surface area contributed by atoms with Crippen molar-refractivity contribution in [1.82, 2.24) is 0 Å². The third-order valence-electron chi connectivity index (χ3n) is 8.16. The van der Waals surface area contributed by atoms with Crippen molar-refractivity contribution < 1.29 is 8.98 Å². The van der Waals surface area contributed by atoms with E-state index in [1.807, 2.05) is 0 Å². The van der Waals surface area contributed by atoms with E-state index in [9.17, 15) is 0 Å². The van der Waals surface area contributed by atoms with Gasteiger partial charge in [-0.15, -0.1) is 0 Å². The zero-order chi connectivity index (χ0) is 24.9. The summed E-state index contributed by atoms with van der Waals surface area (Å²) in [5, 5.41) is 2.34. The number of hydrogen-bond acceptors (Lipinski definition) is 1. The Bertz CT molecular complexity index is 1780. The molecule has 0 saturated heterocycles. The lowest BCUT2D eigenvalue weighted by atomic mass is 9.78. The van der Waals surface area contributed by atoms with Crippen molar-refractivity contribution in [2.75, 3.05) is 0 Å². The number of pyridine rings is 1. The summed E-state index contributed by atoms with van der Waals surface area (Å²) in [6.45, 7) is 2.17. The summed E-state index contributed by atoms with van der Waals surface area (Å²) in [5.41, 5.74) is 12.3. The summed E-state index contributed by atoms with van der Waals surface area (Å²) in [5.74, 6) is 0.484. The fraction of sp³-hybridized carbons (Fsp3) is 0.171. The lowest BCUT2D eigenvalue weighted by Gasteiger charge is -2.26. The van der Waals surface area contributed by atoms with Gasteiger partial charge in [-0.25, -0.2) is 4.57 Å². The fourth-order valence-corrected chi connectivity index (χ4v) is 6.30. The summed E-state index contributed by atoms with van der Waals surface area (Å²) in [4.78, 5) is 0. The standard InChI is InChI=1S/C35H30NO/c1-23-17-19-31-30-15-9-14-29(34(30)37-35(31)33(23)32-16-6-7-21-36(32)2)26-18-20-28-25(22-26)12-8-13-27(28)24-10-4-3-5-11-24/h3-7,9-11,14-22,27H,8,12-13H2,1-2H3/q+1. The summed E-state index contributed by atoms with van der Waals surface area (Å²) in [7, 11) is 2.09. The number of benzene rings is 4. The van der Waals surface area contributed by atoms with Crippen LogP contribution in [0.2, 0.25) is 0 Å². The maximum atomic E-state index is 6.78. The van der Waals surface area contributed by atoms with Crippen molar-refractivity contribution in [3.05, 3.63) is 126 Å². The second-order valence-corrected chi connectivity index (χ2v) is 10.4. The SMILES string of the molecule is Cc1ccc2c(oc3c(-c4ccc5c(c4)CCCC5c4ccccc4)cccc32)c1-c1cccc[n+]1C. The summed E-state index contributed by atoms with van der Waals surface area (Å²) < 4.78 is 8.95. The van der Waals surface area contributed by atoms with Gasteiger partial charge in [-0.3, -0.25) is 0 Å². The molecule has 7 rings (SSSR count). The molecule has 0 fully saturated rings. The van der Waals surface area contributed by atoms with Crippen molar-refractivity contribution in [3.8, 4) is 22.4 Å². The minimum atomic E-state index is 0.484. The summed E-state index contributed by atoms with van der Waals surface area (Å²) in [6.07, 6.45) is 5.67. The number of nitrogens with zero attached hydrogens (tertiary/aromatic N) is 1. The summed E-state index contributed by atoms with van der Waals surface area (Å²) >= 11 is 0. The van der Waals surface area contributed by atoms with Gasteiger partial charge in [-0.05, 0) is 60.1 Å². The second kappa shape index (κ2) is 8.74. The van der Waals surface area contributed by atoms with E-state index >= 15 is 0 Å². The van der Waals surface area contributed by atoms with Gasteiger partial charge in [0.15, 0.2) is 6.20 Å². The minimum absolute atomic E-state index is 0.484. The Morgan fingerprint density at radius 1 is 0.784 bits per heavy atom. The van der Waals surface area contributed by atoms with Crippen molar-refractivity contribution in [2.24, 2.45) is 7.05 Å². The van der Waals surface area contributed by atoms with Crippen LogP contribution in [0.15, 0.2) is 108 Å². The van der Waals surface area contributed by atoms with Crippen LogP contribution >= 0.6 is 0 Å². The molecule has 0 bridgehead atoms. The summed E-state index contributed by atoms with van der Waals surface area (Å²) in [6, 6.07) is 35.4. The molecule has 1 atom stereocenters. The number of aryl methyl sites for hydroxylation is 3. The number of furan rings is 1. The Labute approximate surface area is 217 Å². The molecule has 4 aromatic carbocycles. The maximum absolute atomic E-state index is 6.78. The first kappa shape index (κ1) is 22.1. The van der Waals surface area contributed by atoms with E-state index in [1.165, 1.54) is 62.6 Å². The van der Waals surface area contributed by atoms with E-state index in [-0.39, 0.29) is 0 Å². The van der Waals surface area contributed by atoms with Crippen molar-refractivity contribution in [3.63, 3.8) is 0 Å². The van der Waals surface area contributed by atoms with Gasteiger partial charge in [0.2, 0.25) is 5.69 Å². The molecule has 1 aliphatic carbocycles. The van der Waals surface area contributed by atoms with E-state index in [4.69, 9.17) is 4.42 Å². The quantitative estimate of drug-likeness (QED) is 0.232. The van der Waals surface area contributed by atoms with Gasteiger partial charge in [0.25, 0.3) is 0 Å². The Morgan fingerprint density at radius 3 is 2.49 bits per heavy atom. The van der Waals surface area contributed by atoms with E-state index in [0.29, 0.717) is 5.92 Å². The highest BCUT2D eigenvalue weighted by Crippen LogP contribution is 2.42. The van der Waals surface area contributed by atoms with Gasteiger partial charge in [0, 0.05) is 34.4 Å². The van der Waals surface area contributed by atoms with Gasteiger partial charge in [0.1, 0.15) is 18.2 Å². The van der Waals surface area contributed by atoms with E-state index in [0.717, 1.165) is 23.3 Å². The zero-order valence-electron chi connectivity index (χ0n) is 21.4. The van der Waals surface area contributed by atoms with Gasteiger partial charge in [-0.1, -0.05) is 78.9 Å². The first-order chi connectivity index (χ1) is 18.2. The molecule has 0 N–H and O–H groups in total. The average Bonchev–Trinajstić information content (AvgIpc) is 3.32. The first-order valence-corrected chi connectivity index (χ1v) is 13.3. The Kier molecular flexibility index (Phi) is 5.21. The predicted octanol–water partition coefficient (Wildman–Crippen LogP) is 8.52. The number of hydrogen-bond donors (Lipinski definition) is 0. The lowest BCUT2D eigenvalue weighted by Crippen LogP contribution is -2.30. The van der Waals surface area contributed by atoms with Crippen LogP contribution in [0.5, 0.6) is 0 Å². The fourth-order valence-electron chi connectivity index (χ4n) is 6.30. The predicted molar refractivity (Wildman–Crippen MR) is 152 cm³/mol. The third kappa shape index (κ3) is 3.59. The molecular formula is C35H30NO+. The molecule has 2 heterocycles. The molecule has 6 aromatic rings. The lowest BCUT2D eigenvalue weighted by molar-refractivity contribution is -0.660.